The molecule has 0 radical (unpaired) electrons. The molecule has 1 aliphatic heterocycles. The molecule has 1 aliphatic rings. The van der Waals surface area contributed by atoms with Crippen LogP contribution in [0.25, 0.3) is 0 Å². The number of sulfonamides is 1. The van der Waals surface area contributed by atoms with E-state index in [0.717, 1.165) is 11.8 Å². The van der Waals surface area contributed by atoms with E-state index in [1.807, 2.05) is 6.07 Å². The van der Waals surface area contributed by atoms with E-state index in [1.54, 1.807) is 61.5 Å². The van der Waals surface area contributed by atoms with Gasteiger partial charge < -0.3 is 4.90 Å². The Bertz CT molecular complexity index is 1080. The van der Waals surface area contributed by atoms with Gasteiger partial charge in [0.05, 0.1) is 12.3 Å². The summed E-state index contributed by atoms with van der Waals surface area (Å²) in [7, 11) is -0.0347. The van der Waals surface area contributed by atoms with Crippen molar-refractivity contribution in [3.8, 4) is 0 Å². The predicted molar refractivity (Wildman–Crippen MR) is 122 cm³/mol. The van der Waals surface area contributed by atoms with Gasteiger partial charge >= 0.3 is 0 Å². The van der Waals surface area contributed by atoms with Crippen molar-refractivity contribution in [2.45, 2.75) is 11.8 Å². The highest BCUT2D eigenvalue weighted by Gasteiger charge is 2.48. The Morgan fingerprint density at radius 1 is 1.16 bits per heavy atom. The average Bonchev–Trinajstić information content (AvgIpc) is 3.13. The lowest BCUT2D eigenvalue weighted by Gasteiger charge is -2.35. The minimum Gasteiger partial charge on any atom is -0.308 e. The highest BCUT2D eigenvalue weighted by molar-refractivity contribution is 8.15. The van der Waals surface area contributed by atoms with Crippen LogP contribution < -0.4 is 4.72 Å². The molecule has 10 heteroatoms. The predicted octanol–water partition coefficient (Wildman–Crippen LogP) is 2.42. The Morgan fingerprint density at radius 2 is 1.81 bits per heavy atom. The van der Waals surface area contributed by atoms with Crippen molar-refractivity contribution in [2.75, 3.05) is 32.9 Å². The van der Waals surface area contributed by atoms with E-state index in [4.69, 9.17) is 0 Å². The van der Waals surface area contributed by atoms with Crippen molar-refractivity contribution >= 4 is 32.7 Å². The molecule has 3 rings (SSSR count). The van der Waals surface area contributed by atoms with Gasteiger partial charge in [-0.25, -0.2) is 22.5 Å². The van der Waals surface area contributed by atoms with E-state index >= 15 is 0 Å². The smallest absolute Gasteiger partial charge is 0.241 e. The standard InChI is InChI=1S/C21H25FN4O3S2/c1-16(27)26-21(17-9-5-4-6-10-17,15-23-31(28,29)14-13-25(2)3)30-20(24-26)18-11-7-8-12-19(18)22/h4-12,23H,13-15H2,1-3H3. The number of nitrogens with zero attached hydrogens (tertiary/aromatic N) is 3. The second kappa shape index (κ2) is 9.47. The van der Waals surface area contributed by atoms with E-state index in [9.17, 15) is 17.6 Å². The lowest BCUT2D eigenvalue weighted by molar-refractivity contribution is -0.132. The third kappa shape index (κ3) is 5.32. The van der Waals surface area contributed by atoms with Crippen molar-refractivity contribution < 1.29 is 17.6 Å². The zero-order chi connectivity index (χ0) is 22.6. The number of hydrogen-bond donors (Lipinski definition) is 1. The Hall–Kier alpha value is -2.27. The van der Waals surface area contributed by atoms with Crippen LogP contribution in [0.4, 0.5) is 4.39 Å². The van der Waals surface area contributed by atoms with Crippen molar-refractivity contribution in [1.82, 2.24) is 14.6 Å². The van der Waals surface area contributed by atoms with Crippen molar-refractivity contribution in [2.24, 2.45) is 5.10 Å². The monoisotopic (exact) mass is 464 g/mol. The molecule has 0 saturated heterocycles. The SMILES string of the molecule is CC(=O)N1N=C(c2ccccc2F)SC1(CNS(=O)(=O)CCN(C)C)c1ccccc1. The lowest BCUT2D eigenvalue weighted by Crippen LogP contribution is -2.49. The van der Waals surface area contributed by atoms with Gasteiger partial charge in [-0.1, -0.05) is 54.2 Å². The van der Waals surface area contributed by atoms with Crippen LogP contribution in [0, 0.1) is 5.82 Å². The minimum atomic E-state index is -3.62. The van der Waals surface area contributed by atoms with Gasteiger partial charge in [0.2, 0.25) is 15.9 Å². The third-order valence-electron chi connectivity index (χ3n) is 4.76. The van der Waals surface area contributed by atoms with Crippen LogP contribution in [-0.2, 0) is 19.7 Å². The fourth-order valence-electron chi connectivity index (χ4n) is 3.14. The molecule has 0 spiro atoms. The quantitative estimate of drug-likeness (QED) is 0.649. The summed E-state index contributed by atoms with van der Waals surface area (Å²) in [5.74, 6) is -0.931. The highest BCUT2D eigenvalue weighted by Crippen LogP contribution is 2.47. The second-order valence-electron chi connectivity index (χ2n) is 7.41. The number of benzene rings is 2. The Balaban J connectivity index is 2.00. The van der Waals surface area contributed by atoms with Gasteiger partial charge in [-0.2, -0.15) is 5.10 Å². The molecule has 0 bridgehead atoms. The maximum absolute atomic E-state index is 14.5. The molecule has 166 valence electrons. The summed E-state index contributed by atoms with van der Waals surface area (Å²) >= 11 is 1.16. The van der Waals surface area contributed by atoms with Crippen LogP contribution in [0.5, 0.6) is 0 Å². The zero-order valence-corrected chi connectivity index (χ0v) is 19.2. The normalized spacial score (nSPS) is 19.0. The first kappa shape index (κ1) is 23.4. The van der Waals surface area contributed by atoms with Crippen LogP contribution >= 0.6 is 11.8 Å². The van der Waals surface area contributed by atoms with Crippen LogP contribution in [0.3, 0.4) is 0 Å². The van der Waals surface area contributed by atoms with E-state index in [-0.39, 0.29) is 23.8 Å². The van der Waals surface area contributed by atoms with Crippen LogP contribution in [0.2, 0.25) is 0 Å². The number of nitrogens with one attached hydrogen (secondary N) is 1. The van der Waals surface area contributed by atoms with Gasteiger partial charge in [0.25, 0.3) is 0 Å². The molecule has 1 atom stereocenters. The highest BCUT2D eigenvalue weighted by atomic mass is 32.2. The maximum Gasteiger partial charge on any atom is 0.241 e. The average molecular weight is 465 g/mol. The van der Waals surface area contributed by atoms with Gasteiger partial charge in [-0.15, -0.1) is 0 Å². The molecule has 1 heterocycles. The summed E-state index contributed by atoms with van der Waals surface area (Å²) in [6, 6.07) is 15.2. The first-order valence-corrected chi connectivity index (χ1v) is 12.1. The molecule has 31 heavy (non-hydrogen) atoms. The Labute approximate surface area is 186 Å². The number of hydrazone groups is 1. The largest absolute Gasteiger partial charge is 0.308 e. The molecule has 1 amide bonds. The van der Waals surface area contributed by atoms with Gasteiger partial charge in [0.15, 0.2) is 4.87 Å². The van der Waals surface area contributed by atoms with Gasteiger partial charge in [-0.05, 0) is 31.8 Å². The summed E-state index contributed by atoms with van der Waals surface area (Å²) in [5.41, 5.74) is 0.938. The first-order valence-electron chi connectivity index (χ1n) is 9.65. The molecule has 0 aliphatic carbocycles. The molecule has 7 nitrogen and oxygen atoms in total. The fraction of sp³-hybridized carbons (Fsp3) is 0.333. The number of thioether (sulfide) groups is 1. The molecule has 1 N–H and O–H groups in total. The molecule has 0 fully saturated rings. The van der Waals surface area contributed by atoms with Crippen molar-refractivity contribution in [3.05, 3.63) is 71.5 Å². The Kier molecular flexibility index (Phi) is 7.15. The lowest BCUT2D eigenvalue weighted by atomic mass is 10.1. The van der Waals surface area contributed by atoms with E-state index in [2.05, 4.69) is 9.82 Å². The van der Waals surface area contributed by atoms with Crippen LogP contribution in [0.15, 0.2) is 59.7 Å². The molecular weight excluding hydrogens is 439 g/mol. The zero-order valence-electron chi connectivity index (χ0n) is 17.6. The van der Waals surface area contributed by atoms with Crippen LogP contribution in [0.1, 0.15) is 18.1 Å². The fourth-order valence-corrected chi connectivity index (χ4v) is 5.78. The summed E-state index contributed by atoms with van der Waals surface area (Å²) in [6.45, 7) is 1.60. The molecule has 0 saturated carbocycles. The molecular formula is C21H25FN4O3S2. The number of halogens is 1. The van der Waals surface area contributed by atoms with Crippen molar-refractivity contribution in [1.29, 1.82) is 0 Å². The number of rotatable bonds is 8. The number of carbonyl (C=O) groups excluding carboxylic acids is 1. The maximum atomic E-state index is 14.5. The Morgan fingerprint density at radius 3 is 2.42 bits per heavy atom. The number of carbonyl (C=O) groups is 1. The molecule has 0 aromatic heterocycles. The number of amides is 1. The van der Waals surface area contributed by atoms with Gasteiger partial charge in [0.1, 0.15) is 10.9 Å². The van der Waals surface area contributed by atoms with Crippen LogP contribution in [-0.4, -0.2) is 62.2 Å². The van der Waals surface area contributed by atoms with Gasteiger partial charge in [-0.3, -0.25) is 4.79 Å². The summed E-state index contributed by atoms with van der Waals surface area (Å²) in [6.07, 6.45) is 0. The number of hydrogen-bond acceptors (Lipinski definition) is 6. The summed E-state index contributed by atoms with van der Waals surface area (Å²) < 4.78 is 42.3. The first-order chi connectivity index (χ1) is 14.6. The summed E-state index contributed by atoms with van der Waals surface area (Å²) in [4.78, 5) is 13.2. The molecule has 2 aromatic carbocycles. The minimum absolute atomic E-state index is 0.0867. The summed E-state index contributed by atoms with van der Waals surface area (Å²) in [5, 5.41) is 5.95. The molecule has 1 unspecified atom stereocenters. The second-order valence-corrected chi connectivity index (χ2v) is 10.6. The van der Waals surface area contributed by atoms with Crippen molar-refractivity contribution in [3.63, 3.8) is 0 Å². The van der Waals surface area contributed by atoms with E-state index < -0.39 is 20.7 Å². The van der Waals surface area contributed by atoms with Gasteiger partial charge in [0, 0.05) is 19.0 Å². The third-order valence-corrected chi connectivity index (χ3v) is 7.45. The topological polar surface area (TPSA) is 82.1 Å². The van der Waals surface area contributed by atoms with E-state index in [1.165, 1.54) is 18.0 Å². The molecule has 2 aromatic rings. The van der Waals surface area contributed by atoms with E-state index in [0.29, 0.717) is 17.2 Å².